The molecule has 2 aromatic heterocycles. The molecular weight excluding hydrogens is 385 g/mol. The van der Waals surface area contributed by atoms with Crippen LogP contribution in [0.15, 0.2) is 38.9 Å². The molecule has 0 radical (unpaired) electrons. The van der Waals surface area contributed by atoms with Gasteiger partial charge in [0.2, 0.25) is 5.91 Å². The monoisotopic (exact) mass is 403 g/mol. The highest BCUT2D eigenvalue weighted by Crippen LogP contribution is 2.23. The molecule has 1 aromatic carbocycles. The van der Waals surface area contributed by atoms with Crippen LogP contribution in [-0.2, 0) is 25.3 Å². The van der Waals surface area contributed by atoms with E-state index < -0.39 is 23.0 Å². The Morgan fingerprint density at radius 2 is 1.89 bits per heavy atom. The number of benzene rings is 1. The number of carbonyl (C=O) groups excluding carboxylic acids is 1. The zero-order valence-corrected chi connectivity index (χ0v) is 16.3. The number of rotatable bonds is 5. The Kier molecular flexibility index (Phi) is 5.59. The lowest BCUT2D eigenvalue weighted by molar-refractivity contribution is -0.113. The van der Waals surface area contributed by atoms with E-state index in [4.69, 9.17) is 0 Å². The molecule has 0 aliphatic heterocycles. The van der Waals surface area contributed by atoms with E-state index >= 15 is 0 Å². The normalized spacial score (nSPS) is 11.0. The number of nitrogens with one attached hydrogen (secondary N) is 1. The molecule has 1 N–H and O–H groups in total. The van der Waals surface area contributed by atoms with E-state index in [0.29, 0.717) is 17.3 Å². The summed E-state index contributed by atoms with van der Waals surface area (Å²) >= 11 is 1.04. The number of nitrogens with zero attached hydrogens (tertiary/aromatic N) is 4. The fourth-order valence-electron chi connectivity index (χ4n) is 2.62. The number of amides is 1. The molecule has 10 heteroatoms. The van der Waals surface area contributed by atoms with Crippen LogP contribution in [0.4, 0.5) is 10.1 Å². The van der Waals surface area contributed by atoms with Crippen molar-refractivity contribution < 1.29 is 9.18 Å². The van der Waals surface area contributed by atoms with Crippen LogP contribution >= 0.6 is 11.8 Å². The van der Waals surface area contributed by atoms with Gasteiger partial charge < -0.3 is 5.32 Å². The maximum absolute atomic E-state index is 13.7. The molecule has 0 aliphatic carbocycles. The van der Waals surface area contributed by atoms with Crippen molar-refractivity contribution in [2.45, 2.75) is 18.4 Å². The highest BCUT2D eigenvalue weighted by molar-refractivity contribution is 8.00. The summed E-state index contributed by atoms with van der Waals surface area (Å²) in [5, 5.41) is 2.97. The number of para-hydroxylation sites is 1. The average Bonchev–Trinajstić information content (AvgIpc) is 2.70. The summed E-state index contributed by atoms with van der Waals surface area (Å²) in [7, 11) is 2.90. The minimum Gasteiger partial charge on any atom is -0.323 e. The van der Waals surface area contributed by atoms with Gasteiger partial charge in [0, 0.05) is 20.5 Å². The standard InChI is InChI=1S/C18H18FN5O3S/c1-4-12-21-15-14(17(26)24(3)18(27)23(15)2)16(22-12)28-9-13(25)20-11-8-6-5-7-10(11)19/h5-8H,4,9H2,1-3H3,(H,20,25). The second-order valence-corrected chi connectivity index (χ2v) is 6.98. The molecule has 0 saturated carbocycles. The molecule has 3 aromatic rings. The molecule has 0 fully saturated rings. The van der Waals surface area contributed by atoms with Gasteiger partial charge in [-0.05, 0) is 12.1 Å². The van der Waals surface area contributed by atoms with E-state index in [2.05, 4.69) is 15.3 Å². The second-order valence-electron chi connectivity index (χ2n) is 6.02. The lowest BCUT2D eigenvalue weighted by Gasteiger charge is -2.11. The van der Waals surface area contributed by atoms with Gasteiger partial charge in [-0.3, -0.25) is 18.7 Å². The van der Waals surface area contributed by atoms with Crippen LogP contribution in [0, 0.1) is 5.82 Å². The number of halogens is 1. The Morgan fingerprint density at radius 3 is 2.57 bits per heavy atom. The number of hydrogen-bond acceptors (Lipinski definition) is 6. The molecule has 8 nitrogen and oxygen atoms in total. The second kappa shape index (κ2) is 7.93. The maximum Gasteiger partial charge on any atom is 0.332 e. The summed E-state index contributed by atoms with van der Waals surface area (Å²) in [5.74, 6) is -0.616. The lowest BCUT2D eigenvalue weighted by Crippen LogP contribution is -2.38. The fraction of sp³-hybridized carbons (Fsp3) is 0.278. The largest absolute Gasteiger partial charge is 0.332 e. The van der Waals surface area contributed by atoms with Crippen molar-refractivity contribution in [1.29, 1.82) is 0 Å². The zero-order chi connectivity index (χ0) is 20.4. The first-order chi connectivity index (χ1) is 13.3. The van der Waals surface area contributed by atoms with Crippen LogP contribution in [0.3, 0.4) is 0 Å². The van der Waals surface area contributed by atoms with E-state index in [1.165, 1.54) is 36.9 Å². The average molecular weight is 403 g/mol. The topological polar surface area (TPSA) is 98.9 Å². The predicted octanol–water partition coefficient (Wildman–Crippen LogP) is 1.46. The highest BCUT2D eigenvalue weighted by atomic mass is 32.2. The van der Waals surface area contributed by atoms with Gasteiger partial charge in [-0.25, -0.2) is 19.2 Å². The number of aryl methyl sites for hydroxylation is 2. The van der Waals surface area contributed by atoms with Crippen molar-refractivity contribution in [1.82, 2.24) is 19.1 Å². The Hall–Kier alpha value is -3.01. The van der Waals surface area contributed by atoms with Crippen LogP contribution in [0.2, 0.25) is 0 Å². The lowest BCUT2D eigenvalue weighted by atomic mass is 10.3. The van der Waals surface area contributed by atoms with E-state index in [0.717, 1.165) is 16.3 Å². The third kappa shape index (κ3) is 3.68. The first-order valence-electron chi connectivity index (χ1n) is 8.47. The van der Waals surface area contributed by atoms with Crippen molar-refractivity contribution in [3.05, 3.63) is 56.7 Å². The molecule has 2 heterocycles. The van der Waals surface area contributed by atoms with Gasteiger partial charge in [0.05, 0.1) is 11.4 Å². The summed E-state index contributed by atoms with van der Waals surface area (Å²) in [6, 6.07) is 5.84. The molecular formula is C18H18FN5O3S. The Balaban J connectivity index is 1.96. The van der Waals surface area contributed by atoms with Crippen molar-refractivity contribution in [2.24, 2.45) is 14.1 Å². The van der Waals surface area contributed by atoms with Gasteiger partial charge in [-0.2, -0.15) is 0 Å². The van der Waals surface area contributed by atoms with Crippen molar-refractivity contribution in [3.63, 3.8) is 0 Å². The van der Waals surface area contributed by atoms with Crippen LogP contribution in [0.25, 0.3) is 11.0 Å². The Morgan fingerprint density at radius 1 is 1.18 bits per heavy atom. The third-order valence-corrected chi connectivity index (χ3v) is 5.09. The number of anilines is 1. The molecule has 0 spiro atoms. The molecule has 3 rings (SSSR count). The van der Waals surface area contributed by atoms with Crippen LogP contribution in [0.5, 0.6) is 0 Å². The number of thioether (sulfide) groups is 1. The molecule has 1 amide bonds. The molecule has 0 saturated heterocycles. The van der Waals surface area contributed by atoms with Gasteiger partial charge in [-0.1, -0.05) is 30.8 Å². The van der Waals surface area contributed by atoms with Crippen LogP contribution in [0.1, 0.15) is 12.7 Å². The van der Waals surface area contributed by atoms with Crippen LogP contribution < -0.4 is 16.6 Å². The van der Waals surface area contributed by atoms with Crippen molar-refractivity contribution in [2.75, 3.05) is 11.1 Å². The summed E-state index contributed by atoms with van der Waals surface area (Å²) in [5.41, 5.74) is -0.727. The summed E-state index contributed by atoms with van der Waals surface area (Å²) in [6.07, 6.45) is 0.494. The van der Waals surface area contributed by atoms with Gasteiger partial charge in [0.25, 0.3) is 5.56 Å². The van der Waals surface area contributed by atoms with E-state index in [1.54, 1.807) is 6.07 Å². The summed E-state index contributed by atoms with van der Waals surface area (Å²) in [4.78, 5) is 45.7. The van der Waals surface area contributed by atoms with Gasteiger partial charge in [-0.15, -0.1) is 0 Å². The fourth-order valence-corrected chi connectivity index (χ4v) is 3.45. The predicted molar refractivity (Wildman–Crippen MR) is 105 cm³/mol. The van der Waals surface area contributed by atoms with Gasteiger partial charge >= 0.3 is 5.69 Å². The van der Waals surface area contributed by atoms with Gasteiger partial charge in [0.1, 0.15) is 22.1 Å². The highest BCUT2D eigenvalue weighted by Gasteiger charge is 2.18. The molecule has 0 bridgehead atoms. The molecule has 0 unspecified atom stereocenters. The van der Waals surface area contributed by atoms with Crippen molar-refractivity contribution >= 4 is 34.4 Å². The molecule has 28 heavy (non-hydrogen) atoms. The summed E-state index contributed by atoms with van der Waals surface area (Å²) < 4.78 is 15.9. The summed E-state index contributed by atoms with van der Waals surface area (Å²) in [6.45, 7) is 1.85. The number of hydrogen-bond donors (Lipinski definition) is 1. The van der Waals surface area contributed by atoms with E-state index in [9.17, 15) is 18.8 Å². The SMILES string of the molecule is CCc1nc(SCC(=O)Nc2ccccc2F)c2c(=O)n(C)c(=O)n(C)c2n1. The molecule has 0 aliphatic rings. The molecule has 0 atom stereocenters. The van der Waals surface area contributed by atoms with Crippen LogP contribution in [-0.4, -0.2) is 30.8 Å². The third-order valence-electron chi connectivity index (χ3n) is 4.12. The Labute approximate surface area is 163 Å². The van der Waals surface area contributed by atoms with E-state index in [-0.39, 0.29) is 22.5 Å². The number of carbonyl (C=O) groups is 1. The Bertz CT molecular complexity index is 1190. The first-order valence-corrected chi connectivity index (χ1v) is 9.45. The molecule has 146 valence electrons. The quantitative estimate of drug-likeness (QED) is 0.512. The van der Waals surface area contributed by atoms with Crippen molar-refractivity contribution in [3.8, 4) is 0 Å². The number of fused-ring (bicyclic) bond motifs is 1. The first kappa shape index (κ1) is 19.7. The smallest absolute Gasteiger partial charge is 0.323 e. The van der Waals surface area contributed by atoms with Gasteiger partial charge in [0.15, 0.2) is 5.65 Å². The number of aromatic nitrogens is 4. The maximum atomic E-state index is 13.7. The zero-order valence-electron chi connectivity index (χ0n) is 15.5. The van der Waals surface area contributed by atoms with E-state index in [1.807, 2.05) is 6.92 Å². The minimum atomic E-state index is -0.537. The minimum absolute atomic E-state index is 0.0770.